The van der Waals surface area contributed by atoms with Gasteiger partial charge in [0.1, 0.15) is 11.6 Å². The minimum Gasteiger partial charge on any atom is -0.338 e. The van der Waals surface area contributed by atoms with Crippen LogP contribution in [-0.2, 0) is 0 Å². The molecule has 2 atom stereocenters. The van der Waals surface area contributed by atoms with Gasteiger partial charge in [0.25, 0.3) is 5.91 Å². The van der Waals surface area contributed by atoms with Crippen molar-refractivity contribution in [1.82, 2.24) is 4.90 Å². The molecule has 27 heavy (non-hydrogen) atoms. The standard InChI is InChI=1S/C21H24F2N2O.ClH/c1-13-10-17(22)6-8-18(13)19-7-5-15(11-20(19)23)21(26)25-9-3-4-16(12-25)14(2)24;/h5-8,10-11,14,16H,3-4,9,12,24H2,1-2H3;1H. The molecule has 0 aromatic heterocycles. The van der Waals surface area contributed by atoms with Gasteiger partial charge in [-0.1, -0.05) is 12.1 Å². The van der Waals surface area contributed by atoms with E-state index in [4.69, 9.17) is 5.73 Å². The summed E-state index contributed by atoms with van der Waals surface area (Å²) in [5, 5.41) is 0. The lowest BCUT2D eigenvalue weighted by molar-refractivity contribution is 0.0660. The first kappa shape index (κ1) is 21.3. The highest BCUT2D eigenvalue weighted by molar-refractivity contribution is 5.95. The second-order valence-corrected chi connectivity index (χ2v) is 7.17. The number of piperidine rings is 1. The van der Waals surface area contributed by atoms with Gasteiger partial charge < -0.3 is 10.6 Å². The Bertz CT molecular complexity index is 826. The molecule has 2 N–H and O–H groups in total. The van der Waals surface area contributed by atoms with Gasteiger partial charge in [0.05, 0.1) is 0 Å². The van der Waals surface area contributed by atoms with Gasteiger partial charge in [0.2, 0.25) is 0 Å². The fraction of sp³-hybridized carbons (Fsp3) is 0.381. The van der Waals surface area contributed by atoms with Crippen molar-refractivity contribution in [2.24, 2.45) is 11.7 Å². The zero-order valence-corrected chi connectivity index (χ0v) is 16.4. The second-order valence-electron chi connectivity index (χ2n) is 7.17. The van der Waals surface area contributed by atoms with Crippen LogP contribution in [0, 0.1) is 24.5 Å². The van der Waals surface area contributed by atoms with Crippen LogP contribution in [0.5, 0.6) is 0 Å². The van der Waals surface area contributed by atoms with Crippen LogP contribution in [0.2, 0.25) is 0 Å². The highest BCUT2D eigenvalue weighted by atomic mass is 35.5. The van der Waals surface area contributed by atoms with E-state index in [0.29, 0.717) is 35.3 Å². The first-order chi connectivity index (χ1) is 12.4. The van der Waals surface area contributed by atoms with E-state index in [2.05, 4.69) is 0 Å². The number of nitrogens with two attached hydrogens (primary N) is 1. The second kappa shape index (κ2) is 8.81. The van der Waals surface area contributed by atoms with Crippen molar-refractivity contribution in [2.45, 2.75) is 32.7 Å². The molecule has 3 rings (SSSR count). The van der Waals surface area contributed by atoms with Crippen LogP contribution in [0.3, 0.4) is 0 Å². The Balaban J connectivity index is 0.00000261. The summed E-state index contributed by atoms with van der Waals surface area (Å²) in [4.78, 5) is 14.5. The third kappa shape index (κ3) is 4.66. The molecule has 1 fully saturated rings. The van der Waals surface area contributed by atoms with Gasteiger partial charge in [-0.25, -0.2) is 8.78 Å². The van der Waals surface area contributed by atoms with Crippen molar-refractivity contribution in [3.8, 4) is 11.1 Å². The summed E-state index contributed by atoms with van der Waals surface area (Å²) in [7, 11) is 0. The first-order valence-corrected chi connectivity index (χ1v) is 8.97. The summed E-state index contributed by atoms with van der Waals surface area (Å²) < 4.78 is 27.9. The van der Waals surface area contributed by atoms with Crippen LogP contribution in [0.15, 0.2) is 36.4 Å². The highest BCUT2D eigenvalue weighted by Gasteiger charge is 2.27. The highest BCUT2D eigenvalue weighted by Crippen LogP contribution is 2.28. The summed E-state index contributed by atoms with van der Waals surface area (Å²) >= 11 is 0. The molecule has 146 valence electrons. The molecule has 1 aliphatic rings. The molecule has 2 aromatic carbocycles. The number of carbonyl (C=O) groups excluding carboxylic acids is 1. The summed E-state index contributed by atoms with van der Waals surface area (Å²) in [6.07, 6.45) is 1.92. The Morgan fingerprint density at radius 3 is 2.52 bits per heavy atom. The van der Waals surface area contributed by atoms with Gasteiger partial charge >= 0.3 is 0 Å². The first-order valence-electron chi connectivity index (χ1n) is 8.97. The van der Waals surface area contributed by atoms with Crippen LogP contribution in [-0.4, -0.2) is 29.9 Å². The number of hydrogen-bond acceptors (Lipinski definition) is 2. The molecule has 2 aromatic rings. The van der Waals surface area contributed by atoms with E-state index >= 15 is 0 Å². The summed E-state index contributed by atoms with van der Waals surface area (Å²) in [5.74, 6) is -0.728. The van der Waals surface area contributed by atoms with Crippen LogP contribution >= 0.6 is 12.4 Å². The molecule has 1 amide bonds. The Morgan fingerprint density at radius 1 is 1.19 bits per heavy atom. The SMILES string of the molecule is Cc1cc(F)ccc1-c1ccc(C(=O)N2CCCC(C(C)N)C2)cc1F.Cl. The number of carbonyl (C=O) groups is 1. The van der Waals surface area contributed by atoms with E-state index in [0.717, 1.165) is 12.8 Å². The number of nitrogens with zero attached hydrogens (tertiary/aromatic N) is 1. The smallest absolute Gasteiger partial charge is 0.253 e. The summed E-state index contributed by atoms with van der Waals surface area (Å²) in [6.45, 7) is 4.97. The fourth-order valence-electron chi connectivity index (χ4n) is 3.60. The van der Waals surface area contributed by atoms with E-state index in [-0.39, 0.29) is 36.1 Å². The molecule has 0 aliphatic carbocycles. The quantitative estimate of drug-likeness (QED) is 0.829. The van der Waals surface area contributed by atoms with Crippen molar-refractivity contribution in [2.75, 3.05) is 13.1 Å². The van der Waals surface area contributed by atoms with Gasteiger partial charge in [0, 0.05) is 30.3 Å². The summed E-state index contributed by atoms with van der Waals surface area (Å²) in [6, 6.07) is 8.78. The van der Waals surface area contributed by atoms with E-state index < -0.39 is 5.82 Å². The molecule has 1 aliphatic heterocycles. The predicted octanol–water partition coefficient (Wildman–Crippen LogP) is 4.56. The Labute approximate surface area is 165 Å². The zero-order chi connectivity index (χ0) is 18.8. The average Bonchev–Trinajstić information content (AvgIpc) is 2.62. The molecule has 0 spiro atoms. The van der Waals surface area contributed by atoms with Crippen LogP contribution in [0.25, 0.3) is 11.1 Å². The lowest BCUT2D eigenvalue weighted by atomic mass is 9.91. The van der Waals surface area contributed by atoms with Crippen molar-refractivity contribution in [1.29, 1.82) is 0 Å². The molecule has 1 saturated heterocycles. The van der Waals surface area contributed by atoms with E-state index in [1.165, 1.54) is 18.2 Å². The number of likely N-dealkylation sites (tertiary alicyclic amines) is 1. The van der Waals surface area contributed by atoms with Crippen molar-refractivity contribution < 1.29 is 13.6 Å². The van der Waals surface area contributed by atoms with Gasteiger partial charge in [-0.15, -0.1) is 12.4 Å². The Hall–Kier alpha value is -1.98. The monoisotopic (exact) mass is 394 g/mol. The number of rotatable bonds is 3. The van der Waals surface area contributed by atoms with Crippen molar-refractivity contribution in [3.05, 3.63) is 59.2 Å². The Kier molecular flexibility index (Phi) is 6.95. The van der Waals surface area contributed by atoms with Gasteiger partial charge in [-0.2, -0.15) is 0 Å². The molecule has 3 nitrogen and oxygen atoms in total. The molecular weight excluding hydrogens is 370 g/mol. The van der Waals surface area contributed by atoms with Gasteiger partial charge in [-0.05, 0) is 68.0 Å². The maximum absolute atomic E-state index is 14.7. The molecule has 0 saturated carbocycles. The van der Waals surface area contributed by atoms with E-state index in [1.807, 2.05) is 6.92 Å². The lowest BCUT2D eigenvalue weighted by Crippen LogP contribution is -2.45. The molecule has 6 heteroatoms. The molecule has 1 heterocycles. The lowest BCUT2D eigenvalue weighted by Gasteiger charge is -2.34. The summed E-state index contributed by atoms with van der Waals surface area (Å²) in [5.41, 5.74) is 7.95. The van der Waals surface area contributed by atoms with Crippen molar-refractivity contribution in [3.63, 3.8) is 0 Å². The molecule has 0 bridgehead atoms. The molecule has 2 unspecified atom stereocenters. The minimum absolute atomic E-state index is 0. The van der Waals surface area contributed by atoms with Gasteiger partial charge in [-0.3, -0.25) is 4.79 Å². The predicted molar refractivity (Wildman–Crippen MR) is 106 cm³/mol. The van der Waals surface area contributed by atoms with Crippen molar-refractivity contribution >= 4 is 18.3 Å². The molecule has 0 radical (unpaired) electrons. The van der Waals surface area contributed by atoms with Crippen LogP contribution < -0.4 is 5.73 Å². The number of hydrogen-bond donors (Lipinski definition) is 1. The maximum Gasteiger partial charge on any atom is 0.253 e. The largest absolute Gasteiger partial charge is 0.338 e. The van der Waals surface area contributed by atoms with Gasteiger partial charge in [0.15, 0.2) is 0 Å². The normalized spacial score (nSPS) is 18.0. The van der Waals surface area contributed by atoms with Crippen LogP contribution in [0.1, 0.15) is 35.7 Å². The third-order valence-electron chi connectivity index (χ3n) is 5.18. The maximum atomic E-state index is 14.7. The molecular formula is C21H25ClF2N2O. The number of aryl methyl sites for hydroxylation is 1. The topological polar surface area (TPSA) is 46.3 Å². The minimum atomic E-state index is -0.480. The fourth-order valence-corrected chi connectivity index (χ4v) is 3.60. The Morgan fingerprint density at radius 2 is 1.89 bits per heavy atom. The number of benzene rings is 2. The third-order valence-corrected chi connectivity index (χ3v) is 5.18. The number of halogens is 3. The van der Waals surface area contributed by atoms with E-state index in [1.54, 1.807) is 30.0 Å². The van der Waals surface area contributed by atoms with Crippen LogP contribution in [0.4, 0.5) is 8.78 Å². The zero-order valence-electron chi connectivity index (χ0n) is 15.5. The average molecular weight is 395 g/mol. The van der Waals surface area contributed by atoms with E-state index in [9.17, 15) is 13.6 Å². The number of amides is 1.